The molecule has 0 unspecified atom stereocenters. The second-order valence-corrected chi connectivity index (χ2v) is 10.1. The lowest BCUT2D eigenvalue weighted by Crippen LogP contribution is -2.38. The highest BCUT2D eigenvalue weighted by atomic mass is 16.2. The third-order valence-corrected chi connectivity index (χ3v) is 6.66. The standard InChI is InChI=1S/C28H40N4O2/c1-19(2)23-8-12-25(13-9-23)31-27(33)29-17-21-6-5-7-22(16-21)18-30-28(34)32-26-14-10-24(11-15-26)20(3)4/h8-15,19-22H,5-7,16-18H2,1-4H3,(H2,29,31,33)(H2,30,32,34)/t21-,22+. The van der Waals surface area contributed by atoms with E-state index in [4.69, 9.17) is 0 Å². The molecule has 0 aliphatic heterocycles. The molecule has 2 aromatic rings. The van der Waals surface area contributed by atoms with Crippen LogP contribution in [0, 0.1) is 11.8 Å². The van der Waals surface area contributed by atoms with Crippen molar-refractivity contribution in [3.05, 3.63) is 59.7 Å². The average molecular weight is 465 g/mol. The molecule has 2 atom stereocenters. The van der Waals surface area contributed by atoms with Crippen molar-refractivity contribution in [1.29, 1.82) is 0 Å². The molecule has 0 bridgehead atoms. The van der Waals surface area contributed by atoms with E-state index in [1.807, 2.05) is 24.3 Å². The van der Waals surface area contributed by atoms with E-state index in [-0.39, 0.29) is 12.1 Å². The zero-order valence-corrected chi connectivity index (χ0v) is 21.0. The van der Waals surface area contributed by atoms with Gasteiger partial charge in [-0.15, -0.1) is 0 Å². The molecule has 0 aromatic heterocycles. The number of hydrogen-bond donors (Lipinski definition) is 4. The zero-order valence-electron chi connectivity index (χ0n) is 21.0. The zero-order chi connectivity index (χ0) is 24.5. The number of urea groups is 2. The third-order valence-electron chi connectivity index (χ3n) is 6.66. The summed E-state index contributed by atoms with van der Waals surface area (Å²) in [4.78, 5) is 24.6. The van der Waals surface area contributed by atoms with E-state index in [1.165, 1.54) is 11.1 Å². The van der Waals surface area contributed by atoms with Gasteiger partial charge in [0, 0.05) is 24.5 Å². The Morgan fingerprint density at radius 3 is 1.44 bits per heavy atom. The summed E-state index contributed by atoms with van der Waals surface area (Å²) in [5.41, 5.74) is 4.12. The third kappa shape index (κ3) is 8.08. The molecular weight excluding hydrogens is 424 g/mol. The van der Waals surface area contributed by atoms with Gasteiger partial charge >= 0.3 is 12.1 Å². The molecule has 0 heterocycles. The van der Waals surface area contributed by atoms with E-state index >= 15 is 0 Å². The maximum Gasteiger partial charge on any atom is 0.319 e. The Morgan fingerprint density at radius 1 is 0.706 bits per heavy atom. The minimum atomic E-state index is -0.166. The predicted molar refractivity (Wildman–Crippen MR) is 141 cm³/mol. The van der Waals surface area contributed by atoms with E-state index in [9.17, 15) is 9.59 Å². The largest absolute Gasteiger partial charge is 0.338 e. The van der Waals surface area contributed by atoms with Crippen LogP contribution in [0.3, 0.4) is 0 Å². The summed E-state index contributed by atoms with van der Waals surface area (Å²) in [6.45, 7) is 9.92. The Morgan fingerprint density at radius 2 is 1.09 bits per heavy atom. The van der Waals surface area contributed by atoms with Crippen LogP contribution in [0.1, 0.15) is 76.3 Å². The van der Waals surface area contributed by atoms with Crippen LogP contribution >= 0.6 is 0 Å². The van der Waals surface area contributed by atoms with Gasteiger partial charge in [0.1, 0.15) is 0 Å². The van der Waals surface area contributed by atoms with Gasteiger partial charge in [-0.25, -0.2) is 9.59 Å². The fraction of sp³-hybridized carbons (Fsp3) is 0.500. The molecule has 34 heavy (non-hydrogen) atoms. The number of carbonyl (C=O) groups excluding carboxylic acids is 2. The fourth-order valence-corrected chi connectivity index (χ4v) is 4.50. The maximum absolute atomic E-state index is 12.3. The van der Waals surface area contributed by atoms with Crippen LogP contribution in [0.5, 0.6) is 0 Å². The minimum absolute atomic E-state index is 0.166. The highest BCUT2D eigenvalue weighted by molar-refractivity contribution is 5.89. The summed E-state index contributed by atoms with van der Waals surface area (Å²) >= 11 is 0. The second kappa shape index (κ2) is 12.4. The molecule has 1 aliphatic carbocycles. The number of benzene rings is 2. The molecule has 0 spiro atoms. The van der Waals surface area contributed by atoms with Crippen LogP contribution in [0.2, 0.25) is 0 Å². The van der Waals surface area contributed by atoms with Crippen molar-refractivity contribution < 1.29 is 9.59 Å². The first-order valence-corrected chi connectivity index (χ1v) is 12.6. The van der Waals surface area contributed by atoms with Gasteiger partial charge in [0.05, 0.1) is 0 Å². The Bertz CT molecular complexity index is 847. The Balaban J connectivity index is 1.36. The summed E-state index contributed by atoms with van der Waals surface area (Å²) in [6, 6.07) is 15.7. The van der Waals surface area contributed by atoms with Gasteiger partial charge in [-0.2, -0.15) is 0 Å². The van der Waals surface area contributed by atoms with Gasteiger partial charge in [-0.1, -0.05) is 58.4 Å². The van der Waals surface area contributed by atoms with E-state index in [0.29, 0.717) is 36.8 Å². The molecule has 0 radical (unpaired) electrons. The van der Waals surface area contributed by atoms with E-state index in [0.717, 1.165) is 37.1 Å². The van der Waals surface area contributed by atoms with Gasteiger partial charge in [0.25, 0.3) is 0 Å². The van der Waals surface area contributed by atoms with Crippen molar-refractivity contribution >= 4 is 23.4 Å². The number of nitrogens with one attached hydrogen (secondary N) is 4. The van der Waals surface area contributed by atoms with Crippen LogP contribution < -0.4 is 21.3 Å². The fourth-order valence-electron chi connectivity index (χ4n) is 4.50. The van der Waals surface area contributed by atoms with Crippen molar-refractivity contribution in [1.82, 2.24) is 10.6 Å². The number of carbonyl (C=O) groups is 2. The first kappa shape index (κ1) is 25.6. The SMILES string of the molecule is CC(C)c1ccc(NC(=O)NC[C@H]2CCC[C@@H](CNC(=O)Nc3ccc(C(C)C)cc3)C2)cc1. The smallest absolute Gasteiger partial charge is 0.319 e. The van der Waals surface area contributed by atoms with Crippen LogP contribution in [0.4, 0.5) is 21.0 Å². The number of amides is 4. The van der Waals surface area contributed by atoms with Crippen molar-refractivity contribution in [3.8, 4) is 0 Å². The number of anilines is 2. The molecule has 4 N–H and O–H groups in total. The van der Waals surface area contributed by atoms with E-state index in [2.05, 4.69) is 73.2 Å². The molecule has 1 fully saturated rings. The summed E-state index contributed by atoms with van der Waals surface area (Å²) < 4.78 is 0. The second-order valence-electron chi connectivity index (χ2n) is 10.1. The average Bonchev–Trinajstić information content (AvgIpc) is 2.82. The number of hydrogen-bond acceptors (Lipinski definition) is 2. The highest BCUT2D eigenvalue weighted by Gasteiger charge is 2.23. The maximum atomic E-state index is 12.3. The lowest BCUT2D eigenvalue weighted by Gasteiger charge is -2.29. The molecule has 0 saturated heterocycles. The van der Waals surface area contributed by atoms with E-state index < -0.39 is 0 Å². The van der Waals surface area contributed by atoms with Crippen LogP contribution in [0.25, 0.3) is 0 Å². The highest BCUT2D eigenvalue weighted by Crippen LogP contribution is 2.28. The lowest BCUT2D eigenvalue weighted by molar-refractivity contribution is 0.230. The molecule has 1 aliphatic rings. The van der Waals surface area contributed by atoms with Crippen LogP contribution in [-0.4, -0.2) is 25.2 Å². The van der Waals surface area contributed by atoms with Crippen molar-refractivity contribution in [2.24, 2.45) is 11.8 Å². The summed E-state index contributed by atoms with van der Waals surface area (Å²) in [7, 11) is 0. The molecule has 3 rings (SSSR count). The Labute approximate surface area is 204 Å². The van der Waals surface area contributed by atoms with Crippen molar-refractivity contribution in [2.75, 3.05) is 23.7 Å². The van der Waals surface area contributed by atoms with Crippen LogP contribution in [0.15, 0.2) is 48.5 Å². The molecule has 6 nitrogen and oxygen atoms in total. The van der Waals surface area contributed by atoms with E-state index in [1.54, 1.807) is 0 Å². The normalized spacial score (nSPS) is 17.9. The van der Waals surface area contributed by atoms with Crippen LogP contribution in [-0.2, 0) is 0 Å². The van der Waals surface area contributed by atoms with Gasteiger partial charge < -0.3 is 21.3 Å². The van der Waals surface area contributed by atoms with Gasteiger partial charge in [-0.3, -0.25) is 0 Å². The van der Waals surface area contributed by atoms with Gasteiger partial charge in [-0.05, 0) is 78.3 Å². The lowest BCUT2D eigenvalue weighted by atomic mass is 9.81. The van der Waals surface area contributed by atoms with Gasteiger partial charge in [0.2, 0.25) is 0 Å². The van der Waals surface area contributed by atoms with Crippen molar-refractivity contribution in [3.63, 3.8) is 0 Å². The topological polar surface area (TPSA) is 82.3 Å². The Hall–Kier alpha value is -3.02. The molecule has 1 saturated carbocycles. The summed E-state index contributed by atoms with van der Waals surface area (Å²) in [5, 5.41) is 11.9. The number of rotatable bonds is 8. The first-order chi connectivity index (χ1) is 16.3. The molecule has 2 aromatic carbocycles. The molecule has 6 heteroatoms. The minimum Gasteiger partial charge on any atom is -0.338 e. The summed E-state index contributed by atoms with van der Waals surface area (Å²) in [5.74, 6) is 1.81. The molecule has 184 valence electrons. The van der Waals surface area contributed by atoms with Gasteiger partial charge in [0.15, 0.2) is 0 Å². The monoisotopic (exact) mass is 464 g/mol. The quantitative estimate of drug-likeness (QED) is 0.351. The Kier molecular flexibility index (Phi) is 9.37. The summed E-state index contributed by atoms with van der Waals surface area (Å²) in [6.07, 6.45) is 4.34. The molecule has 4 amide bonds. The first-order valence-electron chi connectivity index (χ1n) is 12.6. The molecular formula is C28H40N4O2. The predicted octanol–water partition coefficient (Wildman–Crippen LogP) is 6.68. The van der Waals surface area contributed by atoms with Crippen molar-refractivity contribution in [2.45, 2.75) is 65.2 Å².